The second-order valence-electron chi connectivity index (χ2n) is 7.59. The van der Waals surface area contributed by atoms with Crippen LogP contribution in [0.3, 0.4) is 0 Å². The molecule has 4 heteroatoms. The third kappa shape index (κ3) is 5.45. The smallest absolute Gasteiger partial charge is 0.220 e. The number of hydrogen-bond donors (Lipinski definition) is 0. The molecule has 1 atom stereocenters. The Morgan fingerprint density at radius 1 is 0.815 bits per heavy atom. The van der Waals surface area contributed by atoms with E-state index in [1.54, 1.807) is 0 Å². The van der Waals surface area contributed by atoms with Crippen molar-refractivity contribution in [2.75, 3.05) is 5.06 Å². The molecule has 0 radical (unpaired) electrons. The molecule has 0 aromatic heterocycles. The van der Waals surface area contributed by atoms with Gasteiger partial charge >= 0.3 is 0 Å². The molecule has 27 heavy (non-hydrogen) atoms. The minimum absolute atomic E-state index is 0.0183. The molecule has 0 amide bonds. The average molecular weight is 396 g/mol. The molecule has 0 spiro atoms. The standard InChI is InChI=1S/C23H26ClNOSi/c1-27(2,3)26-25(20-14-8-5-9-15-20)23(18-19-12-6-4-7-13-19)21-16-10-11-17-22(21)24/h4-17,23H,18H2,1-3H3. The zero-order valence-electron chi connectivity index (χ0n) is 16.1. The van der Waals surface area contributed by atoms with Crippen molar-refractivity contribution in [2.45, 2.75) is 32.1 Å². The second-order valence-corrected chi connectivity index (χ2v) is 12.4. The summed E-state index contributed by atoms with van der Waals surface area (Å²) >= 11 is 6.62. The van der Waals surface area contributed by atoms with Crippen molar-refractivity contribution in [1.29, 1.82) is 0 Å². The minimum Gasteiger partial charge on any atom is -0.320 e. The van der Waals surface area contributed by atoms with Crippen molar-refractivity contribution < 1.29 is 4.53 Å². The highest BCUT2D eigenvalue weighted by molar-refractivity contribution is 6.69. The molecule has 0 aliphatic carbocycles. The first-order chi connectivity index (χ1) is 12.9. The minimum atomic E-state index is -1.85. The van der Waals surface area contributed by atoms with Crippen LogP contribution >= 0.6 is 11.6 Å². The Bertz CT molecular complexity index is 849. The van der Waals surface area contributed by atoms with Crippen LogP contribution in [0.5, 0.6) is 0 Å². The van der Waals surface area contributed by atoms with Gasteiger partial charge in [0.1, 0.15) is 0 Å². The third-order valence-electron chi connectivity index (χ3n) is 4.20. The SMILES string of the molecule is C[Si](C)(C)ON(c1ccccc1)C(Cc1ccccc1)c1ccccc1Cl. The summed E-state index contributed by atoms with van der Waals surface area (Å²) in [5, 5.41) is 2.83. The Labute approximate surface area is 168 Å². The van der Waals surface area contributed by atoms with Crippen LogP contribution in [0, 0.1) is 0 Å². The van der Waals surface area contributed by atoms with Crippen LogP contribution in [0.15, 0.2) is 84.9 Å². The lowest BCUT2D eigenvalue weighted by atomic mass is 9.98. The number of anilines is 1. The molecule has 0 saturated heterocycles. The maximum absolute atomic E-state index is 6.62. The zero-order chi connectivity index (χ0) is 19.3. The molecule has 0 N–H and O–H groups in total. The molecule has 3 aromatic carbocycles. The summed E-state index contributed by atoms with van der Waals surface area (Å²) in [4.78, 5) is 0. The van der Waals surface area contributed by atoms with Gasteiger partial charge in [0.25, 0.3) is 0 Å². The highest BCUT2D eigenvalue weighted by Crippen LogP contribution is 2.35. The van der Waals surface area contributed by atoms with E-state index >= 15 is 0 Å². The number of para-hydroxylation sites is 1. The van der Waals surface area contributed by atoms with E-state index in [-0.39, 0.29) is 6.04 Å². The van der Waals surface area contributed by atoms with Crippen LogP contribution in [0.1, 0.15) is 17.2 Å². The Hall–Kier alpha value is -2.07. The van der Waals surface area contributed by atoms with Gasteiger partial charge in [0, 0.05) is 5.02 Å². The van der Waals surface area contributed by atoms with Crippen LogP contribution in [0.4, 0.5) is 5.69 Å². The van der Waals surface area contributed by atoms with Crippen LogP contribution in [-0.4, -0.2) is 8.32 Å². The monoisotopic (exact) mass is 395 g/mol. The predicted molar refractivity (Wildman–Crippen MR) is 118 cm³/mol. The lowest BCUT2D eigenvalue weighted by molar-refractivity contribution is 0.233. The molecular weight excluding hydrogens is 370 g/mol. The largest absolute Gasteiger partial charge is 0.320 e. The van der Waals surface area contributed by atoms with Crippen LogP contribution in [-0.2, 0) is 10.9 Å². The van der Waals surface area contributed by atoms with Gasteiger partial charge in [-0.2, -0.15) is 0 Å². The molecule has 140 valence electrons. The first-order valence-corrected chi connectivity index (χ1v) is 13.0. The molecule has 0 bridgehead atoms. The average Bonchev–Trinajstić information content (AvgIpc) is 2.66. The van der Waals surface area contributed by atoms with E-state index in [0.717, 1.165) is 22.7 Å². The fraction of sp³-hybridized carbons (Fsp3) is 0.217. The fourth-order valence-corrected chi connectivity index (χ4v) is 4.15. The van der Waals surface area contributed by atoms with E-state index in [4.69, 9.17) is 16.1 Å². The highest BCUT2D eigenvalue weighted by Gasteiger charge is 2.29. The van der Waals surface area contributed by atoms with E-state index in [1.165, 1.54) is 5.56 Å². The van der Waals surface area contributed by atoms with E-state index < -0.39 is 8.32 Å². The third-order valence-corrected chi connectivity index (χ3v) is 5.29. The molecule has 0 saturated carbocycles. The fourth-order valence-electron chi connectivity index (χ4n) is 3.07. The van der Waals surface area contributed by atoms with Gasteiger partial charge < -0.3 is 4.53 Å². The second kappa shape index (κ2) is 8.74. The summed E-state index contributed by atoms with van der Waals surface area (Å²) < 4.78 is 6.58. The number of hydroxylamine groups is 1. The van der Waals surface area contributed by atoms with E-state index in [1.807, 2.05) is 42.5 Å². The molecule has 3 aromatic rings. The first kappa shape index (κ1) is 19.7. The molecule has 0 heterocycles. The van der Waals surface area contributed by atoms with Gasteiger partial charge in [-0.3, -0.25) is 5.06 Å². The van der Waals surface area contributed by atoms with Gasteiger partial charge in [-0.25, -0.2) is 0 Å². The molecule has 0 fully saturated rings. The molecular formula is C23H26ClNOSi. The number of benzene rings is 3. The first-order valence-electron chi connectivity index (χ1n) is 9.26. The summed E-state index contributed by atoms with van der Waals surface area (Å²) in [6.07, 6.45) is 0.809. The van der Waals surface area contributed by atoms with Crippen LogP contribution in [0.2, 0.25) is 24.7 Å². The highest BCUT2D eigenvalue weighted by atomic mass is 35.5. The molecule has 0 aliphatic rings. The number of halogens is 1. The van der Waals surface area contributed by atoms with Crippen molar-refractivity contribution >= 4 is 25.6 Å². The Morgan fingerprint density at radius 2 is 1.37 bits per heavy atom. The van der Waals surface area contributed by atoms with E-state index in [2.05, 4.69) is 67.2 Å². The lowest BCUT2D eigenvalue weighted by Gasteiger charge is -2.38. The summed E-state index contributed by atoms with van der Waals surface area (Å²) in [7, 11) is -1.85. The van der Waals surface area contributed by atoms with Crippen molar-refractivity contribution in [2.24, 2.45) is 0 Å². The van der Waals surface area contributed by atoms with Gasteiger partial charge in [0.15, 0.2) is 0 Å². The number of hydrogen-bond acceptors (Lipinski definition) is 2. The maximum atomic E-state index is 6.62. The predicted octanol–water partition coefficient (Wildman–Crippen LogP) is 6.90. The Balaban J connectivity index is 2.08. The Morgan fingerprint density at radius 3 is 1.96 bits per heavy atom. The molecule has 1 unspecified atom stereocenters. The maximum Gasteiger partial charge on any atom is 0.220 e. The summed E-state index contributed by atoms with van der Waals surface area (Å²) in [6, 6.07) is 28.8. The van der Waals surface area contributed by atoms with Crippen molar-refractivity contribution in [1.82, 2.24) is 0 Å². The van der Waals surface area contributed by atoms with Crippen molar-refractivity contribution in [3.05, 3.63) is 101 Å². The number of rotatable bonds is 7. The summed E-state index contributed by atoms with van der Waals surface area (Å²) in [5.74, 6) is 0. The van der Waals surface area contributed by atoms with Crippen LogP contribution in [0.25, 0.3) is 0 Å². The van der Waals surface area contributed by atoms with Gasteiger partial charge in [-0.1, -0.05) is 78.3 Å². The van der Waals surface area contributed by atoms with E-state index in [0.29, 0.717) is 0 Å². The molecule has 2 nitrogen and oxygen atoms in total. The summed E-state index contributed by atoms with van der Waals surface area (Å²) in [6.45, 7) is 6.61. The molecule has 3 rings (SSSR count). The zero-order valence-corrected chi connectivity index (χ0v) is 17.9. The van der Waals surface area contributed by atoms with Crippen molar-refractivity contribution in [3.63, 3.8) is 0 Å². The topological polar surface area (TPSA) is 12.5 Å². The summed E-state index contributed by atoms with van der Waals surface area (Å²) in [5.41, 5.74) is 3.37. The normalized spacial score (nSPS) is 12.6. The van der Waals surface area contributed by atoms with Gasteiger partial charge in [0.2, 0.25) is 8.32 Å². The van der Waals surface area contributed by atoms with Crippen molar-refractivity contribution in [3.8, 4) is 0 Å². The van der Waals surface area contributed by atoms with Crippen LogP contribution < -0.4 is 5.06 Å². The lowest BCUT2D eigenvalue weighted by Crippen LogP contribution is -2.40. The number of nitrogens with zero attached hydrogens (tertiary/aromatic N) is 1. The quantitative estimate of drug-likeness (QED) is 0.318. The Kier molecular flexibility index (Phi) is 6.37. The van der Waals surface area contributed by atoms with Gasteiger partial charge in [-0.15, -0.1) is 0 Å². The van der Waals surface area contributed by atoms with Gasteiger partial charge in [-0.05, 0) is 55.4 Å². The van der Waals surface area contributed by atoms with E-state index in [9.17, 15) is 0 Å². The van der Waals surface area contributed by atoms with Gasteiger partial charge in [0.05, 0.1) is 11.7 Å². The molecule has 0 aliphatic heterocycles.